The Labute approximate surface area is 215 Å². The number of alkyl halides is 3. The molecule has 1 aliphatic heterocycles. The molecule has 0 bridgehead atoms. The number of hydrogen-bond acceptors (Lipinski definition) is 4. The summed E-state index contributed by atoms with van der Waals surface area (Å²) < 4.78 is 71.2. The molecule has 1 unspecified atom stereocenters. The fourth-order valence-electron chi connectivity index (χ4n) is 4.76. The number of carbonyl (C=O) groups excluding carboxylic acids is 2. The van der Waals surface area contributed by atoms with Gasteiger partial charge in [-0.3, -0.25) is 14.3 Å². The summed E-state index contributed by atoms with van der Waals surface area (Å²) in [5.74, 6) is -4.26. The van der Waals surface area contributed by atoms with Crippen molar-refractivity contribution >= 4 is 34.3 Å². The van der Waals surface area contributed by atoms with Crippen molar-refractivity contribution in [3.05, 3.63) is 86.6 Å². The normalized spacial score (nSPS) is 14.9. The number of fused-ring (bicyclic) bond motifs is 3. The van der Waals surface area contributed by atoms with Gasteiger partial charge in [0.25, 0.3) is 5.91 Å². The van der Waals surface area contributed by atoms with Crippen LogP contribution in [0.3, 0.4) is 0 Å². The average molecular weight is 546 g/mol. The van der Waals surface area contributed by atoms with E-state index in [2.05, 4.69) is 10.4 Å². The standard InChI is InChI=1S/C25H13ClF5N5O2/c1-36-22-12(17(8-32)35-36)7-13(18-14(23(33)37)4-9(5-16(18)28)25(29,30)31)19-20(22)24(38)34-21(19)11-6-10(27)2-3-15(11)26/h2-7,21H,1H3,(H2,33,37)(H,34,38). The van der Waals surface area contributed by atoms with Crippen LogP contribution in [0, 0.1) is 23.0 Å². The topological polar surface area (TPSA) is 114 Å². The summed E-state index contributed by atoms with van der Waals surface area (Å²) in [6, 6.07) is 5.83. The predicted molar refractivity (Wildman–Crippen MR) is 125 cm³/mol. The lowest BCUT2D eigenvalue weighted by molar-refractivity contribution is -0.137. The molecule has 7 nitrogen and oxygen atoms in total. The number of hydrogen-bond donors (Lipinski definition) is 2. The van der Waals surface area contributed by atoms with Gasteiger partial charge in [0.05, 0.1) is 28.2 Å². The summed E-state index contributed by atoms with van der Waals surface area (Å²) in [6.07, 6.45) is -5.00. The number of nitrogens with one attached hydrogen (secondary N) is 1. The van der Waals surface area contributed by atoms with Crippen molar-refractivity contribution in [3.8, 4) is 17.2 Å². The fraction of sp³-hybridized carbons (Fsp3) is 0.120. The molecule has 2 heterocycles. The van der Waals surface area contributed by atoms with Crippen LogP contribution in [-0.2, 0) is 13.2 Å². The number of nitrogens with two attached hydrogens (primary N) is 1. The van der Waals surface area contributed by atoms with Crippen LogP contribution in [-0.4, -0.2) is 21.6 Å². The second-order valence-corrected chi connectivity index (χ2v) is 8.92. The summed E-state index contributed by atoms with van der Waals surface area (Å²) in [7, 11) is 1.45. The lowest BCUT2D eigenvalue weighted by Crippen LogP contribution is -2.21. The van der Waals surface area contributed by atoms with Crippen LogP contribution in [0.1, 0.15) is 49.1 Å². The van der Waals surface area contributed by atoms with E-state index < -0.39 is 52.4 Å². The number of aromatic nitrogens is 2. The maximum atomic E-state index is 15.5. The van der Waals surface area contributed by atoms with Gasteiger partial charge < -0.3 is 11.1 Å². The smallest absolute Gasteiger partial charge is 0.366 e. The molecule has 3 N–H and O–H groups in total. The fourth-order valence-corrected chi connectivity index (χ4v) is 4.99. The first-order valence-corrected chi connectivity index (χ1v) is 11.1. The number of halogens is 6. The van der Waals surface area contributed by atoms with Gasteiger partial charge >= 0.3 is 6.18 Å². The molecular weight excluding hydrogens is 533 g/mol. The van der Waals surface area contributed by atoms with E-state index in [-0.39, 0.29) is 49.9 Å². The number of aryl methyl sites for hydroxylation is 1. The molecule has 3 aromatic carbocycles. The quantitative estimate of drug-likeness (QED) is 0.353. The molecule has 2 amide bonds. The molecule has 0 radical (unpaired) electrons. The van der Waals surface area contributed by atoms with Crippen molar-refractivity contribution in [3.63, 3.8) is 0 Å². The Kier molecular flexibility index (Phi) is 5.65. The number of nitrogens with zero attached hydrogens (tertiary/aromatic N) is 3. The van der Waals surface area contributed by atoms with Crippen LogP contribution in [0.2, 0.25) is 5.02 Å². The molecule has 13 heteroatoms. The van der Waals surface area contributed by atoms with Gasteiger partial charge in [-0.1, -0.05) is 11.6 Å². The maximum absolute atomic E-state index is 15.5. The Morgan fingerprint density at radius 2 is 1.89 bits per heavy atom. The first kappa shape index (κ1) is 25.2. The minimum absolute atomic E-state index is 0.0105. The van der Waals surface area contributed by atoms with Crippen LogP contribution in [0.4, 0.5) is 22.0 Å². The molecule has 5 rings (SSSR count). The highest BCUT2D eigenvalue weighted by molar-refractivity contribution is 6.31. The van der Waals surface area contributed by atoms with Crippen LogP contribution < -0.4 is 11.1 Å². The summed E-state index contributed by atoms with van der Waals surface area (Å²) in [4.78, 5) is 25.6. The van der Waals surface area contributed by atoms with E-state index in [1.54, 1.807) is 0 Å². The minimum Gasteiger partial charge on any atom is -0.366 e. The molecule has 1 aromatic heterocycles. The predicted octanol–water partition coefficient (Wildman–Crippen LogP) is 4.99. The van der Waals surface area contributed by atoms with Crippen molar-refractivity contribution in [2.45, 2.75) is 12.2 Å². The molecular formula is C25H13ClF5N5O2. The van der Waals surface area contributed by atoms with E-state index in [1.165, 1.54) is 23.9 Å². The molecule has 0 spiro atoms. The van der Waals surface area contributed by atoms with Gasteiger partial charge in [0, 0.05) is 34.1 Å². The first-order chi connectivity index (χ1) is 17.8. The summed E-state index contributed by atoms with van der Waals surface area (Å²) in [5, 5.41) is 16.4. The highest BCUT2D eigenvalue weighted by Gasteiger charge is 2.40. The van der Waals surface area contributed by atoms with Gasteiger partial charge in [-0.05, 0) is 42.0 Å². The van der Waals surface area contributed by atoms with Crippen molar-refractivity contribution in [2.24, 2.45) is 12.8 Å². The molecule has 0 fully saturated rings. The first-order valence-electron chi connectivity index (χ1n) is 10.7. The SMILES string of the molecule is Cn1nc(C#N)c2cc(-c3c(F)cc(C(F)(F)F)cc3C(N)=O)c3c(c21)C(=O)NC3c1cc(F)ccc1Cl. The highest BCUT2D eigenvalue weighted by atomic mass is 35.5. The molecule has 1 aliphatic rings. The van der Waals surface area contributed by atoms with Crippen molar-refractivity contribution in [1.29, 1.82) is 5.26 Å². The Morgan fingerprint density at radius 3 is 2.53 bits per heavy atom. The van der Waals surface area contributed by atoms with E-state index in [9.17, 15) is 32.4 Å². The maximum Gasteiger partial charge on any atom is 0.416 e. The van der Waals surface area contributed by atoms with Crippen molar-refractivity contribution in [1.82, 2.24) is 15.1 Å². The molecule has 192 valence electrons. The Balaban J connectivity index is 1.96. The zero-order valence-electron chi connectivity index (χ0n) is 19.0. The van der Waals surface area contributed by atoms with Gasteiger partial charge in [-0.2, -0.15) is 23.5 Å². The number of carbonyl (C=O) groups is 2. The number of primary amides is 1. The summed E-state index contributed by atoms with van der Waals surface area (Å²) in [6.45, 7) is 0. The summed E-state index contributed by atoms with van der Waals surface area (Å²) in [5.41, 5.74) is 2.19. The molecule has 4 aromatic rings. The average Bonchev–Trinajstić information content (AvgIpc) is 3.35. The van der Waals surface area contributed by atoms with E-state index >= 15 is 4.39 Å². The van der Waals surface area contributed by atoms with Gasteiger partial charge in [0.15, 0.2) is 5.69 Å². The van der Waals surface area contributed by atoms with Crippen LogP contribution >= 0.6 is 11.6 Å². The lowest BCUT2D eigenvalue weighted by Gasteiger charge is -2.20. The van der Waals surface area contributed by atoms with E-state index in [1.807, 2.05) is 6.07 Å². The van der Waals surface area contributed by atoms with Gasteiger partial charge in [-0.15, -0.1) is 0 Å². The largest absolute Gasteiger partial charge is 0.416 e. The minimum atomic E-state index is -5.00. The lowest BCUT2D eigenvalue weighted by atomic mass is 9.85. The van der Waals surface area contributed by atoms with E-state index in [4.69, 9.17) is 17.3 Å². The Bertz CT molecular complexity index is 1760. The molecule has 1 atom stereocenters. The molecule has 0 saturated heterocycles. The van der Waals surface area contributed by atoms with Crippen LogP contribution in [0.25, 0.3) is 22.0 Å². The van der Waals surface area contributed by atoms with Gasteiger partial charge in [-0.25, -0.2) is 8.78 Å². The zero-order chi connectivity index (χ0) is 27.7. The van der Waals surface area contributed by atoms with Gasteiger partial charge in [0.2, 0.25) is 5.91 Å². The van der Waals surface area contributed by atoms with Crippen LogP contribution in [0.15, 0.2) is 36.4 Å². The molecule has 0 saturated carbocycles. The van der Waals surface area contributed by atoms with Crippen molar-refractivity contribution < 1.29 is 31.5 Å². The van der Waals surface area contributed by atoms with Gasteiger partial charge in [0.1, 0.15) is 17.7 Å². The Morgan fingerprint density at radius 1 is 1.18 bits per heavy atom. The third kappa shape index (κ3) is 3.74. The number of rotatable bonds is 3. The number of nitriles is 1. The highest BCUT2D eigenvalue weighted by Crippen LogP contribution is 2.46. The zero-order valence-corrected chi connectivity index (χ0v) is 19.8. The third-order valence-electron chi connectivity index (χ3n) is 6.29. The Hall–Kier alpha value is -4.50. The molecule has 0 aliphatic carbocycles. The summed E-state index contributed by atoms with van der Waals surface area (Å²) >= 11 is 6.30. The monoisotopic (exact) mass is 545 g/mol. The second kappa shape index (κ2) is 8.53. The van der Waals surface area contributed by atoms with Crippen LogP contribution in [0.5, 0.6) is 0 Å². The van der Waals surface area contributed by atoms with E-state index in [0.717, 1.165) is 12.1 Å². The molecule has 38 heavy (non-hydrogen) atoms. The number of benzene rings is 3. The van der Waals surface area contributed by atoms with E-state index in [0.29, 0.717) is 6.07 Å². The third-order valence-corrected chi connectivity index (χ3v) is 6.63. The van der Waals surface area contributed by atoms with Crippen molar-refractivity contribution in [2.75, 3.05) is 0 Å². The number of amides is 2. The second-order valence-electron chi connectivity index (χ2n) is 8.51.